The first-order valence-electron chi connectivity index (χ1n) is 4.15. The molecule has 7 heteroatoms. The fourth-order valence-electron chi connectivity index (χ4n) is 0.973. The molecule has 0 aliphatic heterocycles. The normalized spacial score (nSPS) is 13.3. The number of hydrogen-bond donors (Lipinski definition) is 1. The molecule has 0 aliphatic carbocycles. The van der Waals surface area contributed by atoms with Gasteiger partial charge in [-0.2, -0.15) is 13.2 Å². The summed E-state index contributed by atoms with van der Waals surface area (Å²) in [4.78, 5) is 14.3. The van der Waals surface area contributed by atoms with E-state index in [4.69, 9.17) is 5.11 Å². The quantitative estimate of drug-likeness (QED) is 0.788. The minimum absolute atomic E-state index is 0.0145. The number of carbonyl (C=O) groups excluding carboxylic acids is 1. The summed E-state index contributed by atoms with van der Waals surface area (Å²) >= 11 is 0. The fourth-order valence-corrected chi connectivity index (χ4v) is 0.973. The Morgan fingerprint density at radius 2 is 2.12 bits per heavy atom. The molecule has 0 radical (unpaired) electrons. The summed E-state index contributed by atoms with van der Waals surface area (Å²) in [5, 5.41) is 8.84. The molecule has 1 heterocycles. The number of ether oxygens (including phenoxy) is 1. The Balaban J connectivity index is 2.91. The van der Waals surface area contributed by atoms with Gasteiger partial charge in [0.05, 0.1) is 18.4 Å². The lowest BCUT2D eigenvalue weighted by Gasteiger charge is -2.13. The Morgan fingerprint density at radius 3 is 2.50 bits per heavy atom. The summed E-state index contributed by atoms with van der Waals surface area (Å²) < 4.78 is 40.6. The molecule has 1 N–H and O–H groups in total. The summed E-state index contributed by atoms with van der Waals surface area (Å²) in [6.07, 6.45) is -6.52. The molecule has 1 aromatic heterocycles. The van der Waals surface area contributed by atoms with Crippen LogP contribution in [-0.2, 0) is 4.74 Å². The first-order chi connectivity index (χ1) is 7.36. The Morgan fingerprint density at radius 1 is 1.50 bits per heavy atom. The molecule has 0 bridgehead atoms. The first-order valence-corrected chi connectivity index (χ1v) is 4.15. The van der Waals surface area contributed by atoms with Gasteiger partial charge >= 0.3 is 12.1 Å². The van der Waals surface area contributed by atoms with Crippen molar-refractivity contribution in [2.75, 3.05) is 7.11 Å². The van der Waals surface area contributed by atoms with Crippen molar-refractivity contribution in [3.63, 3.8) is 0 Å². The van der Waals surface area contributed by atoms with E-state index in [9.17, 15) is 18.0 Å². The van der Waals surface area contributed by atoms with Gasteiger partial charge in [0.15, 0.2) is 6.10 Å². The first kappa shape index (κ1) is 12.4. The van der Waals surface area contributed by atoms with Crippen LogP contribution in [-0.4, -0.2) is 29.3 Å². The van der Waals surface area contributed by atoms with Gasteiger partial charge in [0.25, 0.3) is 0 Å². The highest BCUT2D eigenvalue weighted by atomic mass is 19.4. The highest BCUT2D eigenvalue weighted by Crippen LogP contribution is 2.31. The van der Waals surface area contributed by atoms with Crippen LogP contribution in [0.25, 0.3) is 0 Å². The molecule has 0 spiro atoms. The van der Waals surface area contributed by atoms with Crippen molar-refractivity contribution >= 4 is 5.97 Å². The van der Waals surface area contributed by atoms with Crippen LogP contribution in [0.15, 0.2) is 18.3 Å². The predicted octanol–water partition coefficient (Wildman–Crippen LogP) is 1.46. The molecule has 1 unspecified atom stereocenters. The SMILES string of the molecule is COC(=O)c1ccc(C(O)C(F)(F)F)nc1. The molecule has 0 amide bonds. The third-order valence-electron chi connectivity index (χ3n) is 1.80. The lowest BCUT2D eigenvalue weighted by molar-refractivity contribution is -0.207. The Hall–Kier alpha value is -1.63. The number of carbonyl (C=O) groups is 1. The van der Waals surface area contributed by atoms with Gasteiger partial charge in [0.2, 0.25) is 0 Å². The van der Waals surface area contributed by atoms with E-state index in [0.29, 0.717) is 0 Å². The topological polar surface area (TPSA) is 59.4 Å². The number of nitrogens with zero attached hydrogens (tertiary/aromatic N) is 1. The standard InChI is InChI=1S/C9H8F3NO3/c1-16-8(15)5-2-3-6(13-4-5)7(14)9(10,11)12/h2-4,7,14H,1H3. The maximum Gasteiger partial charge on any atom is 0.420 e. The van der Waals surface area contributed by atoms with Gasteiger partial charge in [-0.3, -0.25) is 4.98 Å². The van der Waals surface area contributed by atoms with Crippen LogP contribution in [0.1, 0.15) is 22.2 Å². The number of halogens is 3. The molecule has 0 saturated carbocycles. The fraction of sp³-hybridized carbons (Fsp3) is 0.333. The largest absolute Gasteiger partial charge is 0.465 e. The van der Waals surface area contributed by atoms with Crippen molar-refractivity contribution in [1.82, 2.24) is 4.98 Å². The monoisotopic (exact) mass is 235 g/mol. The van der Waals surface area contributed by atoms with Crippen LogP contribution in [0, 0.1) is 0 Å². The number of aromatic nitrogens is 1. The number of aliphatic hydroxyl groups is 1. The van der Waals surface area contributed by atoms with Crippen LogP contribution >= 0.6 is 0 Å². The molecule has 1 rings (SSSR count). The molecule has 0 aromatic carbocycles. The molecule has 0 aliphatic rings. The lowest BCUT2D eigenvalue weighted by Crippen LogP contribution is -2.21. The predicted molar refractivity (Wildman–Crippen MR) is 46.6 cm³/mol. The molecule has 4 nitrogen and oxygen atoms in total. The van der Waals surface area contributed by atoms with Crippen molar-refractivity contribution in [3.8, 4) is 0 Å². The van der Waals surface area contributed by atoms with Crippen LogP contribution in [0.2, 0.25) is 0 Å². The van der Waals surface area contributed by atoms with E-state index in [1.165, 1.54) is 0 Å². The molecular formula is C9H8F3NO3. The second-order valence-corrected chi connectivity index (χ2v) is 2.91. The number of esters is 1. The van der Waals surface area contributed by atoms with E-state index >= 15 is 0 Å². The van der Waals surface area contributed by atoms with Gasteiger partial charge in [-0.1, -0.05) is 0 Å². The van der Waals surface area contributed by atoms with Crippen molar-refractivity contribution in [2.45, 2.75) is 12.3 Å². The number of alkyl halides is 3. The van der Waals surface area contributed by atoms with Crippen LogP contribution in [0.4, 0.5) is 13.2 Å². The molecule has 1 atom stereocenters. The Bertz CT molecular complexity index is 375. The highest BCUT2D eigenvalue weighted by molar-refractivity contribution is 5.88. The van der Waals surface area contributed by atoms with Crippen LogP contribution < -0.4 is 0 Å². The van der Waals surface area contributed by atoms with Crippen molar-refractivity contribution < 1.29 is 27.8 Å². The van der Waals surface area contributed by atoms with Crippen LogP contribution in [0.3, 0.4) is 0 Å². The molecule has 0 fully saturated rings. The van der Waals surface area contributed by atoms with E-state index in [1.807, 2.05) is 0 Å². The summed E-state index contributed by atoms with van der Waals surface area (Å²) in [6, 6.07) is 2.02. The van der Waals surface area contributed by atoms with E-state index in [0.717, 1.165) is 25.4 Å². The molecular weight excluding hydrogens is 227 g/mol. The average Bonchev–Trinajstić information content (AvgIpc) is 2.26. The van der Waals surface area contributed by atoms with Gasteiger partial charge in [-0.25, -0.2) is 4.79 Å². The number of aliphatic hydroxyl groups excluding tert-OH is 1. The molecule has 0 saturated heterocycles. The molecule has 1 aromatic rings. The minimum Gasteiger partial charge on any atom is -0.465 e. The minimum atomic E-state index is -4.78. The number of rotatable bonds is 2. The van der Waals surface area contributed by atoms with Gasteiger partial charge < -0.3 is 9.84 Å². The third-order valence-corrected chi connectivity index (χ3v) is 1.80. The van der Waals surface area contributed by atoms with Gasteiger partial charge in [0.1, 0.15) is 0 Å². The second-order valence-electron chi connectivity index (χ2n) is 2.91. The number of hydrogen-bond acceptors (Lipinski definition) is 4. The smallest absolute Gasteiger partial charge is 0.420 e. The van der Waals surface area contributed by atoms with E-state index in [-0.39, 0.29) is 5.56 Å². The zero-order valence-electron chi connectivity index (χ0n) is 8.15. The maximum absolute atomic E-state index is 12.1. The molecule has 16 heavy (non-hydrogen) atoms. The Labute approximate surface area is 88.7 Å². The number of methoxy groups -OCH3 is 1. The van der Waals surface area contributed by atoms with E-state index in [2.05, 4.69) is 9.72 Å². The van der Waals surface area contributed by atoms with Crippen LogP contribution in [0.5, 0.6) is 0 Å². The second kappa shape index (κ2) is 4.48. The third kappa shape index (κ3) is 2.69. The number of pyridine rings is 1. The van der Waals surface area contributed by atoms with E-state index < -0.39 is 23.9 Å². The van der Waals surface area contributed by atoms with Crippen molar-refractivity contribution in [3.05, 3.63) is 29.6 Å². The van der Waals surface area contributed by atoms with Gasteiger partial charge in [0, 0.05) is 6.20 Å². The maximum atomic E-state index is 12.1. The van der Waals surface area contributed by atoms with E-state index in [1.54, 1.807) is 0 Å². The summed E-state index contributed by atoms with van der Waals surface area (Å²) in [7, 11) is 1.14. The van der Waals surface area contributed by atoms with Gasteiger partial charge in [-0.15, -0.1) is 0 Å². The Kier molecular flexibility index (Phi) is 3.48. The zero-order valence-corrected chi connectivity index (χ0v) is 8.15. The lowest BCUT2D eigenvalue weighted by atomic mass is 10.2. The average molecular weight is 235 g/mol. The van der Waals surface area contributed by atoms with Crippen molar-refractivity contribution in [1.29, 1.82) is 0 Å². The highest BCUT2D eigenvalue weighted by Gasteiger charge is 2.40. The summed E-state index contributed by atoms with van der Waals surface area (Å²) in [5.74, 6) is -0.708. The van der Waals surface area contributed by atoms with Crippen molar-refractivity contribution in [2.24, 2.45) is 0 Å². The zero-order chi connectivity index (χ0) is 12.3. The van der Waals surface area contributed by atoms with Gasteiger partial charge in [-0.05, 0) is 12.1 Å². The molecule has 88 valence electrons. The summed E-state index contributed by atoms with van der Waals surface area (Å²) in [6.45, 7) is 0. The summed E-state index contributed by atoms with van der Waals surface area (Å²) in [5.41, 5.74) is -0.555.